The molecule has 0 saturated carbocycles. The average molecular weight is 249 g/mol. The fraction of sp³-hybridized carbons (Fsp3) is 0.385. The van der Waals surface area contributed by atoms with Crippen molar-refractivity contribution in [1.29, 1.82) is 0 Å². The Morgan fingerprint density at radius 2 is 2.06 bits per heavy atom. The highest BCUT2D eigenvalue weighted by Crippen LogP contribution is 2.33. The number of rotatable bonds is 4. The van der Waals surface area contributed by atoms with Crippen molar-refractivity contribution in [3.63, 3.8) is 0 Å². The fourth-order valence-corrected chi connectivity index (χ4v) is 2.15. The summed E-state index contributed by atoms with van der Waals surface area (Å²) in [6.45, 7) is 0. The van der Waals surface area contributed by atoms with E-state index in [2.05, 4.69) is 5.32 Å². The van der Waals surface area contributed by atoms with Gasteiger partial charge in [0, 0.05) is 6.42 Å². The molecule has 1 fully saturated rings. The van der Waals surface area contributed by atoms with Crippen molar-refractivity contribution in [2.75, 3.05) is 14.2 Å². The Hall–Kier alpha value is -2.04. The van der Waals surface area contributed by atoms with E-state index in [1.807, 2.05) is 12.1 Å². The summed E-state index contributed by atoms with van der Waals surface area (Å²) in [5, 5.41) is 2.30. The third-order valence-corrected chi connectivity index (χ3v) is 3.02. The summed E-state index contributed by atoms with van der Waals surface area (Å²) < 4.78 is 10.5. The van der Waals surface area contributed by atoms with Crippen LogP contribution >= 0.6 is 0 Å². The molecule has 2 rings (SSSR count). The van der Waals surface area contributed by atoms with Crippen LogP contribution in [0.15, 0.2) is 18.2 Å². The van der Waals surface area contributed by atoms with E-state index < -0.39 is 0 Å². The summed E-state index contributed by atoms with van der Waals surface area (Å²) in [7, 11) is 3.12. The molecule has 0 aromatic heterocycles. The summed E-state index contributed by atoms with van der Waals surface area (Å²) in [5.74, 6) is 0.488. The number of hydrogen-bond donors (Lipinski definition) is 1. The van der Waals surface area contributed by atoms with Crippen molar-refractivity contribution in [3.05, 3.63) is 23.8 Å². The molecule has 0 bridgehead atoms. The van der Waals surface area contributed by atoms with E-state index in [9.17, 15) is 9.59 Å². The highest BCUT2D eigenvalue weighted by Gasteiger charge is 2.31. The molecule has 1 unspecified atom stereocenters. The van der Waals surface area contributed by atoms with Crippen molar-refractivity contribution in [1.82, 2.24) is 5.32 Å². The fourth-order valence-electron chi connectivity index (χ4n) is 2.15. The second-order valence-electron chi connectivity index (χ2n) is 4.17. The van der Waals surface area contributed by atoms with Crippen LogP contribution in [0.25, 0.3) is 0 Å². The second-order valence-corrected chi connectivity index (χ2v) is 4.17. The lowest BCUT2D eigenvalue weighted by Crippen LogP contribution is -2.23. The lowest BCUT2D eigenvalue weighted by Gasteiger charge is -2.14. The molecule has 0 aliphatic carbocycles. The van der Waals surface area contributed by atoms with E-state index in [1.54, 1.807) is 20.3 Å². The molecule has 1 atom stereocenters. The van der Waals surface area contributed by atoms with Crippen LogP contribution in [0.4, 0.5) is 0 Å². The molecule has 1 N–H and O–H groups in total. The smallest absolute Gasteiger partial charge is 0.230 e. The third-order valence-electron chi connectivity index (χ3n) is 3.02. The Balaban J connectivity index is 2.23. The number of nitrogens with one attached hydrogen (secondary N) is 1. The molecule has 1 aliphatic rings. The molecule has 96 valence electrons. The number of benzene rings is 1. The summed E-state index contributed by atoms with van der Waals surface area (Å²) in [4.78, 5) is 22.7. The molecular formula is C13H15NO4. The van der Waals surface area contributed by atoms with Crippen molar-refractivity contribution in [3.8, 4) is 11.5 Å². The van der Waals surface area contributed by atoms with Gasteiger partial charge in [-0.3, -0.25) is 14.9 Å². The Morgan fingerprint density at radius 3 is 2.61 bits per heavy atom. The first-order valence-corrected chi connectivity index (χ1v) is 5.69. The molecule has 1 saturated heterocycles. The topological polar surface area (TPSA) is 64.6 Å². The van der Waals surface area contributed by atoms with Crippen molar-refractivity contribution in [2.45, 2.75) is 12.8 Å². The van der Waals surface area contributed by atoms with E-state index in [0.717, 1.165) is 5.56 Å². The number of methoxy groups -OCH3 is 2. The maximum absolute atomic E-state index is 11.5. The van der Waals surface area contributed by atoms with Crippen LogP contribution in [0.5, 0.6) is 11.5 Å². The van der Waals surface area contributed by atoms with Gasteiger partial charge in [-0.1, -0.05) is 12.1 Å². The Morgan fingerprint density at radius 1 is 1.28 bits per heavy atom. The van der Waals surface area contributed by atoms with Gasteiger partial charge in [-0.2, -0.15) is 0 Å². The number of hydrogen-bond acceptors (Lipinski definition) is 4. The van der Waals surface area contributed by atoms with Crippen LogP contribution in [0.1, 0.15) is 12.0 Å². The second kappa shape index (κ2) is 5.08. The third kappa shape index (κ3) is 2.30. The number of carbonyl (C=O) groups excluding carboxylic acids is 2. The zero-order valence-corrected chi connectivity index (χ0v) is 10.4. The Labute approximate surface area is 105 Å². The van der Waals surface area contributed by atoms with Gasteiger partial charge < -0.3 is 9.47 Å². The van der Waals surface area contributed by atoms with Gasteiger partial charge in [0.2, 0.25) is 11.8 Å². The Bertz CT molecular complexity index is 484. The minimum atomic E-state index is -0.321. The molecule has 0 radical (unpaired) electrons. The van der Waals surface area contributed by atoms with Gasteiger partial charge in [-0.15, -0.1) is 0 Å². The average Bonchev–Trinajstić information content (AvgIpc) is 2.67. The number of amides is 2. The molecular weight excluding hydrogens is 234 g/mol. The molecule has 1 heterocycles. The minimum Gasteiger partial charge on any atom is -0.493 e. The number of ether oxygens (including phenoxy) is 2. The quantitative estimate of drug-likeness (QED) is 0.805. The summed E-state index contributed by atoms with van der Waals surface area (Å²) in [6, 6.07) is 5.50. The molecule has 1 aromatic carbocycles. The predicted octanol–water partition coefficient (Wildman–Crippen LogP) is 0.909. The zero-order valence-electron chi connectivity index (χ0n) is 10.4. The van der Waals surface area contributed by atoms with E-state index in [-0.39, 0.29) is 24.2 Å². The normalized spacial score (nSPS) is 18.7. The SMILES string of the molecule is COc1cccc(CC2CC(=O)NC2=O)c1OC. The summed E-state index contributed by atoms with van der Waals surface area (Å²) in [5.41, 5.74) is 0.867. The predicted molar refractivity (Wildman–Crippen MR) is 64.5 cm³/mol. The van der Waals surface area contributed by atoms with Crippen LogP contribution in [0, 0.1) is 5.92 Å². The number of para-hydroxylation sites is 1. The van der Waals surface area contributed by atoms with Crippen molar-refractivity contribution >= 4 is 11.8 Å². The highest BCUT2D eigenvalue weighted by atomic mass is 16.5. The maximum atomic E-state index is 11.5. The standard InChI is InChI=1S/C13H15NO4/c1-17-10-5-3-4-8(12(10)18-2)6-9-7-11(15)14-13(9)16/h3-5,9H,6-7H2,1-2H3,(H,14,15,16). The van der Waals surface area contributed by atoms with Gasteiger partial charge >= 0.3 is 0 Å². The first kappa shape index (κ1) is 12.4. The van der Waals surface area contributed by atoms with E-state index in [1.165, 1.54) is 0 Å². The lowest BCUT2D eigenvalue weighted by atomic mass is 9.97. The maximum Gasteiger partial charge on any atom is 0.230 e. The summed E-state index contributed by atoms with van der Waals surface area (Å²) >= 11 is 0. The van der Waals surface area contributed by atoms with Gasteiger partial charge in [-0.25, -0.2) is 0 Å². The Kier molecular flexibility index (Phi) is 3.50. The van der Waals surface area contributed by atoms with E-state index in [0.29, 0.717) is 17.9 Å². The molecule has 5 nitrogen and oxygen atoms in total. The molecule has 1 aromatic rings. The lowest BCUT2D eigenvalue weighted by molar-refractivity contribution is -0.125. The molecule has 0 spiro atoms. The van der Waals surface area contributed by atoms with Crippen LogP contribution < -0.4 is 14.8 Å². The monoisotopic (exact) mass is 249 g/mol. The minimum absolute atomic E-state index is 0.216. The van der Waals surface area contributed by atoms with Gasteiger partial charge in [0.1, 0.15) is 0 Å². The first-order chi connectivity index (χ1) is 8.65. The van der Waals surface area contributed by atoms with Gasteiger partial charge in [0.25, 0.3) is 0 Å². The molecule has 5 heteroatoms. The molecule has 18 heavy (non-hydrogen) atoms. The highest BCUT2D eigenvalue weighted by molar-refractivity contribution is 6.03. The summed E-state index contributed by atoms with van der Waals surface area (Å²) in [6.07, 6.45) is 0.706. The van der Waals surface area contributed by atoms with Crippen LogP contribution in [-0.4, -0.2) is 26.0 Å². The zero-order chi connectivity index (χ0) is 13.1. The van der Waals surface area contributed by atoms with E-state index >= 15 is 0 Å². The molecule has 2 amide bonds. The van der Waals surface area contributed by atoms with Gasteiger partial charge in [0.15, 0.2) is 11.5 Å². The molecule has 1 aliphatic heterocycles. The van der Waals surface area contributed by atoms with Crippen LogP contribution in [0.2, 0.25) is 0 Å². The van der Waals surface area contributed by atoms with Crippen molar-refractivity contribution in [2.24, 2.45) is 5.92 Å². The number of carbonyl (C=O) groups is 2. The van der Waals surface area contributed by atoms with Gasteiger partial charge in [-0.05, 0) is 18.1 Å². The van der Waals surface area contributed by atoms with Crippen molar-refractivity contribution < 1.29 is 19.1 Å². The van der Waals surface area contributed by atoms with Gasteiger partial charge in [0.05, 0.1) is 20.1 Å². The van der Waals surface area contributed by atoms with Crippen LogP contribution in [0.3, 0.4) is 0 Å². The first-order valence-electron chi connectivity index (χ1n) is 5.69. The largest absolute Gasteiger partial charge is 0.493 e. The number of imide groups is 1. The van der Waals surface area contributed by atoms with Crippen LogP contribution in [-0.2, 0) is 16.0 Å². The van der Waals surface area contributed by atoms with E-state index in [4.69, 9.17) is 9.47 Å².